The van der Waals surface area contributed by atoms with E-state index < -0.39 is 12.0 Å². The Morgan fingerprint density at radius 2 is 1.41 bits per heavy atom. The highest BCUT2D eigenvalue weighted by molar-refractivity contribution is 8.77. The number of carboxylic acid groups (broad SMARTS) is 1. The monoisotopic (exact) mass is 604 g/mol. The van der Waals surface area contributed by atoms with Crippen molar-refractivity contribution in [1.29, 1.82) is 0 Å². The molecule has 1 aliphatic rings. The van der Waals surface area contributed by atoms with E-state index in [1.165, 1.54) is 18.6 Å². The summed E-state index contributed by atoms with van der Waals surface area (Å²) in [5.41, 5.74) is 0. The topological polar surface area (TPSA) is 95.5 Å². The van der Waals surface area contributed by atoms with Gasteiger partial charge in [0.1, 0.15) is 6.04 Å². The number of allylic oxidation sites excluding steroid dienone is 10. The summed E-state index contributed by atoms with van der Waals surface area (Å²) in [6.45, 7) is 2.57. The van der Waals surface area contributed by atoms with Crippen LogP contribution in [0.15, 0.2) is 60.8 Å². The molecule has 6 nitrogen and oxygen atoms in total. The zero-order chi connectivity index (χ0) is 29.8. The van der Waals surface area contributed by atoms with Gasteiger partial charge in [0.2, 0.25) is 11.8 Å². The molecule has 0 saturated carbocycles. The average molecular weight is 605 g/mol. The minimum atomic E-state index is -1.04. The number of carbonyl (C=O) groups excluding carboxylic acids is 2. The Kier molecular flexibility index (Phi) is 24.0. The summed E-state index contributed by atoms with van der Waals surface area (Å²) >= 11 is 0. The summed E-state index contributed by atoms with van der Waals surface area (Å²) in [5, 5.41) is 15.7. The molecule has 0 radical (unpaired) electrons. The van der Waals surface area contributed by atoms with Gasteiger partial charge in [-0.1, -0.05) is 95.7 Å². The number of carboxylic acids is 1. The number of unbranched alkanes of at least 4 members (excludes halogenated alkanes) is 2. The molecule has 3 N–H and O–H groups in total. The lowest BCUT2D eigenvalue weighted by atomic mass is 10.1. The van der Waals surface area contributed by atoms with E-state index in [9.17, 15) is 19.5 Å². The predicted molar refractivity (Wildman–Crippen MR) is 177 cm³/mol. The van der Waals surface area contributed by atoms with Crippen molar-refractivity contribution in [3.8, 4) is 0 Å². The first-order chi connectivity index (χ1) is 20.0. The van der Waals surface area contributed by atoms with Gasteiger partial charge < -0.3 is 15.7 Å². The quantitative estimate of drug-likeness (QED) is 0.0586. The van der Waals surface area contributed by atoms with E-state index in [2.05, 4.69) is 78.3 Å². The zero-order valence-corrected chi connectivity index (χ0v) is 26.6. The molecule has 0 bridgehead atoms. The molecule has 41 heavy (non-hydrogen) atoms. The predicted octanol–water partition coefficient (Wildman–Crippen LogP) is 8.09. The van der Waals surface area contributed by atoms with Gasteiger partial charge in [-0.3, -0.25) is 9.59 Å². The summed E-state index contributed by atoms with van der Waals surface area (Å²) in [5.74, 6) is -0.0268. The minimum Gasteiger partial charge on any atom is -0.480 e. The van der Waals surface area contributed by atoms with Crippen LogP contribution in [0.25, 0.3) is 0 Å². The van der Waals surface area contributed by atoms with Crippen molar-refractivity contribution in [2.45, 2.75) is 115 Å². The molecule has 0 aliphatic carbocycles. The maximum Gasteiger partial charge on any atom is 0.326 e. The Bertz CT molecular complexity index is 861. The van der Waals surface area contributed by atoms with E-state index in [0.717, 1.165) is 56.6 Å². The lowest BCUT2D eigenvalue weighted by Crippen LogP contribution is -2.41. The van der Waals surface area contributed by atoms with Crippen LogP contribution in [0, 0.1) is 0 Å². The van der Waals surface area contributed by atoms with Gasteiger partial charge in [-0.25, -0.2) is 4.79 Å². The average Bonchev–Trinajstić information content (AvgIpc) is 3.48. The summed E-state index contributed by atoms with van der Waals surface area (Å²) < 4.78 is 0. The van der Waals surface area contributed by atoms with Crippen LogP contribution >= 0.6 is 21.6 Å². The third-order valence-corrected chi connectivity index (χ3v) is 9.47. The van der Waals surface area contributed by atoms with E-state index >= 15 is 0 Å². The highest BCUT2D eigenvalue weighted by Crippen LogP contribution is 2.39. The number of hydrogen-bond acceptors (Lipinski definition) is 5. The lowest BCUT2D eigenvalue weighted by Gasteiger charge is -2.14. The van der Waals surface area contributed by atoms with Crippen LogP contribution < -0.4 is 10.6 Å². The molecule has 2 amide bonds. The second-order valence-corrected chi connectivity index (χ2v) is 12.9. The van der Waals surface area contributed by atoms with Gasteiger partial charge in [0.05, 0.1) is 0 Å². The highest BCUT2D eigenvalue weighted by atomic mass is 33.1. The van der Waals surface area contributed by atoms with Gasteiger partial charge in [-0.15, -0.1) is 0 Å². The Morgan fingerprint density at radius 3 is 2.00 bits per heavy atom. The smallest absolute Gasteiger partial charge is 0.326 e. The summed E-state index contributed by atoms with van der Waals surface area (Å²) in [4.78, 5) is 35.8. The van der Waals surface area contributed by atoms with Gasteiger partial charge in [0.15, 0.2) is 0 Å². The molecular weight excluding hydrogens is 553 g/mol. The fourth-order valence-electron chi connectivity index (χ4n) is 4.12. The number of nitrogens with one attached hydrogen (secondary N) is 2. The van der Waals surface area contributed by atoms with Crippen LogP contribution in [-0.4, -0.2) is 46.5 Å². The first-order valence-corrected chi connectivity index (χ1v) is 17.7. The number of amides is 2. The second-order valence-electron chi connectivity index (χ2n) is 10.1. The van der Waals surface area contributed by atoms with E-state index in [1.54, 1.807) is 0 Å². The van der Waals surface area contributed by atoms with Crippen LogP contribution in [0.1, 0.15) is 103 Å². The van der Waals surface area contributed by atoms with Crippen molar-refractivity contribution in [3.63, 3.8) is 0 Å². The Balaban J connectivity index is 2.04. The third-order valence-electron chi connectivity index (χ3n) is 6.46. The fourth-order valence-corrected chi connectivity index (χ4v) is 7.14. The minimum absolute atomic E-state index is 0.0180. The molecule has 1 heterocycles. The van der Waals surface area contributed by atoms with Crippen LogP contribution in [0.3, 0.4) is 0 Å². The maximum atomic E-state index is 12.2. The molecule has 1 fully saturated rings. The Labute approximate surface area is 256 Å². The van der Waals surface area contributed by atoms with Crippen molar-refractivity contribution in [1.82, 2.24) is 10.6 Å². The van der Waals surface area contributed by atoms with E-state index in [1.807, 2.05) is 21.6 Å². The van der Waals surface area contributed by atoms with Crippen molar-refractivity contribution >= 4 is 39.4 Å². The molecule has 8 heteroatoms. The SMILES string of the molecule is CCC=CCC=CCC=CCC=CCC=CCCCC(=O)N[C@@H](CCCNC(=O)CCCC[C@@H]1CCSS1)C(=O)O. The van der Waals surface area contributed by atoms with Crippen LogP contribution in [0.4, 0.5) is 0 Å². The molecule has 1 rings (SSSR count). The van der Waals surface area contributed by atoms with Crippen molar-refractivity contribution in [2.24, 2.45) is 0 Å². The fraction of sp³-hybridized carbons (Fsp3) is 0.606. The second kappa shape index (κ2) is 26.7. The number of hydrogen-bond donors (Lipinski definition) is 3. The van der Waals surface area contributed by atoms with Gasteiger partial charge in [-0.05, 0) is 77.0 Å². The van der Waals surface area contributed by atoms with Crippen molar-refractivity contribution in [3.05, 3.63) is 60.8 Å². The first kappa shape index (κ1) is 36.8. The molecule has 2 atom stereocenters. The standard InChI is InChI=1S/C33H52N2O4S2/c1-2-3-4-5-6-7-8-9-10-11-12-13-14-15-16-17-18-25-32(37)35-30(33(38)39)23-21-27-34-31(36)24-20-19-22-29-26-28-40-41-29/h3-4,6-7,9-10,12-13,15-16,29-30H,2,5,8,11,14,17-28H2,1H3,(H,34,36)(H,35,37)(H,38,39)/t29-,30+/m1/s1. The highest BCUT2D eigenvalue weighted by Gasteiger charge is 2.19. The van der Waals surface area contributed by atoms with E-state index in [-0.39, 0.29) is 11.8 Å². The van der Waals surface area contributed by atoms with Gasteiger partial charge in [-0.2, -0.15) is 0 Å². The number of carbonyl (C=O) groups is 3. The first-order valence-electron chi connectivity index (χ1n) is 15.3. The normalized spacial score (nSPS) is 16.6. The summed E-state index contributed by atoms with van der Waals surface area (Å²) in [6.07, 6.45) is 33.9. The zero-order valence-electron chi connectivity index (χ0n) is 24.9. The van der Waals surface area contributed by atoms with E-state index in [0.29, 0.717) is 38.6 Å². The van der Waals surface area contributed by atoms with Crippen LogP contribution in [0.5, 0.6) is 0 Å². The summed E-state index contributed by atoms with van der Waals surface area (Å²) in [6, 6.07) is -0.921. The van der Waals surface area contributed by atoms with E-state index in [4.69, 9.17) is 0 Å². The molecule has 0 aromatic heterocycles. The lowest BCUT2D eigenvalue weighted by molar-refractivity contribution is -0.142. The molecular formula is C33H52N2O4S2. The molecule has 1 aliphatic heterocycles. The van der Waals surface area contributed by atoms with Crippen LogP contribution in [0.2, 0.25) is 0 Å². The van der Waals surface area contributed by atoms with Crippen molar-refractivity contribution in [2.75, 3.05) is 12.3 Å². The molecule has 0 aromatic rings. The van der Waals surface area contributed by atoms with Crippen LogP contribution in [-0.2, 0) is 14.4 Å². The van der Waals surface area contributed by atoms with Gasteiger partial charge >= 0.3 is 5.97 Å². The molecule has 0 unspecified atom stereocenters. The maximum absolute atomic E-state index is 12.2. The molecule has 230 valence electrons. The van der Waals surface area contributed by atoms with Crippen molar-refractivity contribution < 1.29 is 19.5 Å². The molecule has 0 spiro atoms. The molecule has 0 aromatic carbocycles. The van der Waals surface area contributed by atoms with Gasteiger partial charge in [0.25, 0.3) is 0 Å². The number of rotatable bonds is 24. The largest absolute Gasteiger partial charge is 0.480 e. The molecule has 1 saturated heterocycles. The number of aliphatic carboxylic acids is 1. The third kappa shape index (κ3) is 23.1. The summed E-state index contributed by atoms with van der Waals surface area (Å²) in [7, 11) is 3.91. The Hall–Kier alpha value is -2.19. The van der Waals surface area contributed by atoms with Gasteiger partial charge in [0, 0.05) is 30.4 Å². The Morgan fingerprint density at radius 1 is 0.805 bits per heavy atom.